The van der Waals surface area contributed by atoms with Gasteiger partial charge in [-0.05, 0) is 61.2 Å². The summed E-state index contributed by atoms with van der Waals surface area (Å²) in [5.41, 5.74) is 3.53. The minimum Gasteiger partial charge on any atom is -0.546 e. The number of anilines is 2. The van der Waals surface area contributed by atoms with E-state index in [9.17, 15) is 24.8 Å². The molecule has 0 bridgehead atoms. The van der Waals surface area contributed by atoms with Crippen LogP contribution in [-0.2, 0) is 16.0 Å². The van der Waals surface area contributed by atoms with Crippen LogP contribution >= 0.6 is 11.6 Å². The van der Waals surface area contributed by atoms with Gasteiger partial charge >= 0.3 is 5.97 Å². The second-order valence-corrected chi connectivity index (χ2v) is 10.5. The summed E-state index contributed by atoms with van der Waals surface area (Å²) < 4.78 is 5.02. The highest BCUT2D eigenvalue weighted by atomic mass is 35.5. The zero-order valence-corrected chi connectivity index (χ0v) is 23.4. The zero-order valence-electron chi connectivity index (χ0n) is 22.6. The van der Waals surface area contributed by atoms with E-state index >= 15 is 0 Å². The molecule has 0 aliphatic carbocycles. The summed E-state index contributed by atoms with van der Waals surface area (Å²) in [6.45, 7) is 1.59. The highest BCUT2D eigenvalue weighted by Crippen LogP contribution is 2.38. The maximum absolute atomic E-state index is 13.0. The summed E-state index contributed by atoms with van der Waals surface area (Å²) in [4.78, 5) is 43.5. The fraction of sp³-hybridized carbons (Fsp3) is 0.258. The van der Waals surface area contributed by atoms with Crippen molar-refractivity contribution in [2.24, 2.45) is 0 Å². The molecule has 4 aromatic rings. The molecule has 42 heavy (non-hydrogen) atoms. The number of aromatic nitrogens is 1. The number of hydrogen-bond acceptors (Lipinski definition) is 9. The van der Waals surface area contributed by atoms with Crippen molar-refractivity contribution in [2.45, 2.75) is 25.3 Å². The minimum atomic E-state index is -1.48. The van der Waals surface area contributed by atoms with Gasteiger partial charge in [-0.1, -0.05) is 35.9 Å². The molecule has 10 nitrogen and oxygen atoms in total. The molecular formula is C31H28ClN4O6-. The van der Waals surface area contributed by atoms with Gasteiger partial charge in [0.15, 0.2) is 0 Å². The van der Waals surface area contributed by atoms with Crippen LogP contribution in [0.4, 0.5) is 17.1 Å². The average molecular weight is 588 g/mol. The summed E-state index contributed by atoms with van der Waals surface area (Å²) in [7, 11) is 0. The molecule has 216 valence electrons. The number of piperidine rings is 1. The van der Waals surface area contributed by atoms with Gasteiger partial charge in [0.1, 0.15) is 6.61 Å². The third-order valence-corrected chi connectivity index (χ3v) is 7.67. The Bertz CT molecular complexity index is 1610. The van der Waals surface area contributed by atoms with Crippen molar-refractivity contribution in [1.29, 1.82) is 0 Å². The van der Waals surface area contributed by atoms with Gasteiger partial charge in [0.2, 0.25) is 0 Å². The number of esters is 1. The van der Waals surface area contributed by atoms with E-state index in [0.717, 1.165) is 55.5 Å². The number of pyridine rings is 1. The maximum atomic E-state index is 13.0. The summed E-state index contributed by atoms with van der Waals surface area (Å²) in [6.07, 6.45) is 4.06. The number of carboxylic acids is 1. The number of benzene rings is 3. The molecule has 0 unspecified atom stereocenters. The lowest BCUT2D eigenvalue weighted by molar-refractivity contribution is -0.384. The minimum absolute atomic E-state index is 0.0111. The van der Waals surface area contributed by atoms with Gasteiger partial charge < -0.3 is 24.4 Å². The highest BCUT2D eigenvalue weighted by molar-refractivity contribution is 6.31. The van der Waals surface area contributed by atoms with E-state index in [0.29, 0.717) is 16.2 Å². The van der Waals surface area contributed by atoms with E-state index in [1.54, 1.807) is 42.6 Å². The number of hydrogen-bond donors (Lipinski definition) is 0. The van der Waals surface area contributed by atoms with Crippen molar-refractivity contribution in [3.63, 3.8) is 0 Å². The van der Waals surface area contributed by atoms with Gasteiger partial charge in [-0.2, -0.15) is 0 Å². The molecule has 11 heteroatoms. The standard InChI is InChI=1S/C31H29ClN4O6/c32-22-7-10-25-27(19-22)33-15-11-29(25)35(28-4-2-1-3-26(28)31(39)42-20-30(37)38)23-13-17-34(18-14-23)16-12-21-5-8-24(9-6-21)36(40)41/h1-11,15,19,23H,12-14,16-18,20H2,(H,37,38)/p-1. The number of halogens is 1. The quantitative estimate of drug-likeness (QED) is 0.149. The molecule has 1 aromatic heterocycles. The van der Waals surface area contributed by atoms with E-state index in [1.165, 1.54) is 12.1 Å². The molecule has 2 heterocycles. The van der Waals surface area contributed by atoms with Gasteiger partial charge in [-0.3, -0.25) is 15.1 Å². The summed E-state index contributed by atoms with van der Waals surface area (Å²) >= 11 is 6.25. The van der Waals surface area contributed by atoms with Crippen LogP contribution in [0.25, 0.3) is 10.9 Å². The Morgan fingerprint density at radius 3 is 2.48 bits per heavy atom. The molecule has 0 atom stereocenters. The monoisotopic (exact) mass is 587 g/mol. The SMILES string of the molecule is O=C([O-])COC(=O)c1ccccc1N(c1ccnc2cc(Cl)ccc12)C1CCN(CCc2ccc([N+](=O)[O-])cc2)CC1. The number of rotatable bonds is 10. The number of nitrogens with zero attached hydrogens (tertiary/aromatic N) is 4. The maximum Gasteiger partial charge on any atom is 0.340 e. The number of likely N-dealkylation sites (tertiary alicyclic amines) is 1. The molecule has 1 aliphatic rings. The topological polar surface area (TPSA) is 129 Å². The molecule has 0 saturated carbocycles. The number of carboxylic acid groups (broad SMARTS) is 1. The van der Waals surface area contributed by atoms with E-state index in [-0.39, 0.29) is 17.3 Å². The molecule has 0 spiro atoms. The van der Waals surface area contributed by atoms with Crippen molar-refractivity contribution in [3.05, 3.63) is 105 Å². The summed E-state index contributed by atoms with van der Waals surface area (Å²) in [5, 5.41) is 23.3. The molecule has 0 radical (unpaired) electrons. The smallest absolute Gasteiger partial charge is 0.340 e. The Labute approximate surface area is 247 Å². The van der Waals surface area contributed by atoms with Crippen LogP contribution in [0, 0.1) is 10.1 Å². The molecule has 1 saturated heterocycles. The van der Waals surface area contributed by atoms with E-state index in [4.69, 9.17) is 16.3 Å². The summed E-state index contributed by atoms with van der Waals surface area (Å²) in [5.74, 6) is -2.22. The number of non-ortho nitro benzene ring substituents is 1. The average Bonchev–Trinajstić information content (AvgIpc) is 3.00. The molecule has 1 aliphatic heterocycles. The Balaban J connectivity index is 1.41. The second kappa shape index (κ2) is 13.0. The number of fused-ring (bicyclic) bond motifs is 1. The van der Waals surface area contributed by atoms with Crippen LogP contribution in [0.5, 0.6) is 0 Å². The Hall–Kier alpha value is -4.54. The number of carbonyl (C=O) groups is 2. The van der Waals surface area contributed by atoms with Crippen LogP contribution in [0.1, 0.15) is 28.8 Å². The van der Waals surface area contributed by atoms with Crippen molar-refractivity contribution in [2.75, 3.05) is 31.1 Å². The van der Waals surface area contributed by atoms with Crippen LogP contribution in [0.15, 0.2) is 79.0 Å². The Kier molecular flexibility index (Phi) is 8.94. The normalized spacial score (nSPS) is 14.0. The molecule has 0 amide bonds. The Morgan fingerprint density at radius 2 is 1.76 bits per heavy atom. The first-order valence-corrected chi connectivity index (χ1v) is 13.9. The third-order valence-electron chi connectivity index (χ3n) is 7.43. The van der Waals surface area contributed by atoms with Gasteiger partial charge in [0.25, 0.3) is 5.69 Å². The largest absolute Gasteiger partial charge is 0.546 e. The van der Waals surface area contributed by atoms with Crippen LogP contribution < -0.4 is 10.0 Å². The van der Waals surface area contributed by atoms with Crippen LogP contribution in [0.3, 0.4) is 0 Å². The first-order valence-electron chi connectivity index (χ1n) is 13.6. The second-order valence-electron chi connectivity index (χ2n) is 10.1. The number of ether oxygens (including phenoxy) is 1. The van der Waals surface area contributed by atoms with Crippen molar-refractivity contribution < 1.29 is 24.4 Å². The molecule has 3 aromatic carbocycles. The number of nitro groups is 1. The van der Waals surface area contributed by atoms with Crippen molar-refractivity contribution >= 4 is 51.5 Å². The van der Waals surface area contributed by atoms with Crippen molar-refractivity contribution in [3.8, 4) is 0 Å². The van der Waals surface area contributed by atoms with E-state index in [1.807, 2.05) is 24.3 Å². The van der Waals surface area contributed by atoms with Gasteiger partial charge in [-0.15, -0.1) is 0 Å². The van der Waals surface area contributed by atoms with Crippen LogP contribution in [-0.4, -0.2) is 59.0 Å². The number of para-hydroxylation sites is 1. The lowest BCUT2D eigenvalue weighted by Crippen LogP contribution is -2.44. The lowest BCUT2D eigenvalue weighted by Gasteiger charge is -2.40. The first-order chi connectivity index (χ1) is 20.3. The number of nitro benzene ring substituents is 1. The first kappa shape index (κ1) is 29.0. The van der Waals surface area contributed by atoms with Gasteiger partial charge in [0.05, 0.1) is 33.3 Å². The van der Waals surface area contributed by atoms with Gasteiger partial charge in [-0.25, -0.2) is 4.79 Å². The number of carbonyl (C=O) groups excluding carboxylic acids is 2. The Morgan fingerprint density at radius 1 is 1.02 bits per heavy atom. The van der Waals surface area contributed by atoms with Crippen LogP contribution in [0.2, 0.25) is 5.02 Å². The predicted octanol–water partition coefficient (Wildman–Crippen LogP) is 4.55. The zero-order chi connectivity index (χ0) is 29.6. The lowest BCUT2D eigenvalue weighted by atomic mass is 9.98. The number of aliphatic carboxylic acids is 1. The molecule has 1 fully saturated rings. The highest BCUT2D eigenvalue weighted by Gasteiger charge is 2.30. The predicted molar refractivity (Wildman–Crippen MR) is 157 cm³/mol. The third kappa shape index (κ3) is 6.67. The fourth-order valence-corrected chi connectivity index (χ4v) is 5.54. The van der Waals surface area contributed by atoms with Gasteiger partial charge in [0, 0.05) is 54.4 Å². The molecule has 5 rings (SSSR count). The van der Waals surface area contributed by atoms with Crippen molar-refractivity contribution in [1.82, 2.24) is 9.88 Å². The summed E-state index contributed by atoms with van der Waals surface area (Å²) in [6, 6.07) is 21.1. The van der Waals surface area contributed by atoms with E-state index < -0.39 is 23.5 Å². The fourth-order valence-electron chi connectivity index (χ4n) is 5.37. The van der Waals surface area contributed by atoms with E-state index in [2.05, 4.69) is 14.8 Å². The molecule has 0 N–H and O–H groups in total. The molecular weight excluding hydrogens is 560 g/mol.